The van der Waals surface area contributed by atoms with Crippen LogP contribution in [0.3, 0.4) is 0 Å². The molecule has 0 bridgehead atoms. The Bertz CT molecular complexity index is 679. The van der Waals surface area contributed by atoms with Crippen molar-refractivity contribution in [1.29, 1.82) is 0 Å². The summed E-state index contributed by atoms with van der Waals surface area (Å²) in [5.74, 6) is 0.209. The highest BCUT2D eigenvalue weighted by Crippen LogP contribution is 2.15. The second kappa shape index (κ2) is 5.52. The number of nitrogens with zero attached hydrogens (tertiary/aromatic N) is 1. The third-order valence-electron chi connectivity index (χ3n) is 2.50. The molecule has 0 aliphatic carbocycles. The maximum atomic E-state index is 11.9. The van der Waals surface area contributed by atoms with Crippen LogP contribution in [0.1, 0.15) is 19.7 Å². The normalized spacial score (nSPS) is 10.9. The highest BCUT2D eigenvalue weighted by atomic mass is 79.9. The maximum Gasteiger partial charge on any atom is 0.258 e. The molecule has 0 saturated heterocycles. The molecular weight excluding hydrogens is 310 g/mol. The second-order valence-electron chi connectivity index (χ2n) is 4.57. The minimum atomic E-state index is -0.232. The van der Waals surface area contributed by atoms with Crippen molar-refractivity contribution in [3.63, 3.8) is 0 Å². The topological polar surface area (TPSA) is 74.8 Å². The highest BCUT2D eigenvalue weighted by Gasteiger charge is 2.09. The van der Waals surface area contributed by atoms with Gasteiger partial charge >= 0.3 is 0 Å². The number of hydrogen-bond donors (Lipinski definition) is 2. The number of H-pyrrole nitrogens is 1. The zero-order valence-corrected chi connectivity index (χ0v) is 12.2. The molecule has 2 rings (SSSR count). The van der Waals surface area contributed by atoms with Gasteiger partial charge in [0.1, 0.15) is 5.82 Å². The average molecular weight is 324 g/mol. The Hall–Kier alpha value is -1.69. The fraction of sp³-hybridized carbons (Fsp3) is 0.308. The van der Waals surface area contributed by atoms with Gasteiger partial charge in [0.2, 0.25) is 5.91 Å². The Morgan fingerprint density at radius 3 is 2.89 bits per heavy atom. The molecule has 0 unspecified atom stereocenters. The highest BCUT2D eigenvalue weighted by molar-refractivity contribution is 9.10. The van der Waals surface area contributed by atoms with E-state index in [0.29, 0.717) is 16.7 Å². The number of aromatic amines is 1. The SMILES string of the molecule is CC(C)NC(=O)Cc1nc2cc(Br)ccc2c(=O)[nH]1. The van der Waals surface area contributed by atoms with Crippen LogP contribution in [0, 0.1) is 0 Å². The molecule has 1 aromatic heterocycles. The van der Waals surface area contributed by atoms with E-state index in [1.165, 1.54) is 0 Å². The molecule has 6 heteroatoms. The van der Waals surface area contributed by atoms with Crippen LogP contribution in [0.2, 0.25) is 0 Å². The van der Waals surface area contributed by atoms with E-state index in [0.717, 1.165) is 4.47 Å². The molecule has 0 aliphatic heterocycles. The molecule has 100 valence electrons. The number of rotatable bonds is 3. The van der Waals surface area contributed by atoms with Crippen LogP contribution in [-0.4, -0.2) is 21.9 Å². The fourth-order valence-electron chi connectivity index (χ4n) is 1.77. The van der Waals surface area contributed by atoms with Crippen LogP contribution in [0.25, 0.3) is 10.9 Å². The summed E-state index contributed by atoms with van der Waals surface area (Å²) in [6, 6.07) is 5.30. The predicted molar refractivity (Wildman–Crippen MR) is 77.0 cm³/mol. The van der Waals surface area contributed by atoms with Gasteiger partial charge in [0.05, 0.1) is 17.3 Å². The first-order chi connectivity index (χ1) is 8.95. The van der Waals surface area contributed by atoms with E-state index in [1.807, 2.05) is 13.8 Å². The third-order valence-corrected chi connectivity index (χ3v) is 2.99. The minimum Gasteiger partial charge on any atom is -0.354 e. The number of benzene rings is 1. The number of fused-ring (bicyclic) bond motifs is 1. The van der Waals surface area contributed by atoms with E-state index in [2.05, 4.69) is 31.2 Å². The number of carbonyl (C=O) groups is 1. The third kappa shape index (κ3) is 3.41. The van der Waals surface area contributed by atoms with Crippen molar-refractivity contribution in [3.8, 4) is 0 Å². The number of hydrogen-bond acceptors (Lipinski definition) is 3. The van der Waals surface area contributed by atoms with Crippen molar-refractivity contribution in [1.82, 2.24) is 15.3 Å². The van der Waals surface area contributed by atoms with Gasteiger partial charge < -0.3 is 10.3 Å². The molecule has 0 atom stereocenters. The van der Waals surface area contributed by atoms with Gasteiger partial charge in [-0.15, -0.1) is 0 Å². The van der Waals surface area contributed by atoms with E-state index < -0.39 is 0 Å². The van der Waals surface area contributed by atoms with E-state index in [4.69, 9.17) is 0 Å². The van der Waals surface area contributed by atoms with Gasteiger partial charge in [-0.25, -0.2) is 4.98 Å². The Balaban J connectivity index is 2.35. The summed E-state index contributed by atoms with van der Waals surface area (Å²) in [7, 11) is 0. The van der Waals surface area contributed by atoms with Gasteiger partial charge in [0, 0.05) is 10.5 Å². The lowest BCUT2D eigenvalue weighted by molar-refractivity contribution is -0.121. The molecule has 0 spiro atoms. The van der Waals surface area contributed by atoms with Gasteiger partial charge in [-0.05, 0) is 32.0 Å². The first kappa shape index (κ1) is 13.7. The molecule has 0 fully saturated rings. The van der Waals surface area contributed by atoms with Crippen molar-refractivity contribution in [2.24, 2.45) is 0 Å². The summed E-state index contributed by atoms with van der Waals surface area (Å²) in [5.41, 5.74) is 0.343. The van der Waals surface area contributed by atoms with Gasteiger partial charge in [-0.2, -0.15) is 0 Å². The molecule has 0 saturated carbocycles. The second-order valence-corrected chi connectivity index (χ2v) is 5.49. The monoisotopic (exact) mass is 323 g/mol. The summed E-state index contributed by atoms with van der Waals surface area (Å²) in [6.45, 7) is 3.76. The van der Waals surface area contributed by atoms with Crippen molar-refractivity contribution >= 4 is 32.7 Å². The molecule has 0 aliphatic rings. The first-order valence-corrected chi connectivity index (χ1v) is 6.73. The molecule has 0 radical (unpaired) electrons. The number of amides is 1. The molecule has 1 aromatic carbocycles. The van der Waals surface area contributed by atoms with Gasteiger partial charge in [0.15, 0.2) is 0 Å². The van der Waals surface area contributed by atoms with Gasteiger partial charge in [0.25, 0.3) is 5.56 Å². The summed E-state index contributed by atoms with van der Waals surface area (Å²) in [6.07, 6.45) is 0.0654. The van der Waals surface area contributed by atoms with E-state index in [1.54, 1.807) is 18.2 Å². The fourth-order valence-corrected chi connectivity index (χ4v) is 2.12. The van der Waals surface area contributed by atoms with E-state index >= 15 is 0 Å². The molecule has 1 amide bonds. The summed E-state index contributed by atoms with van der Waals surface area (Å²) in [4.78, 5) is 30.5. The van der Waals surface area contributed by atoms with Crippen molar-refractivity contribution in [3.05, 3.63) is 38.9 Å². The standard InChI is InChI=1S/C13H14BrN3O2/c1-7(2)15-12(18)6-11-16-10-5-8(14)3-4-9(10)13(19)17-11/h3-5,7H,6H2,1-2H3,(H,15,18)(H,16,17,19). The van der Waals surface area contributed by atoms with Gasteiger partial charge in [-0.1, -0.05) is 15.9 Å². The van der Waals surface area contributed by atoms with Crippen LogP contribution in [-0.2, 0) is 11.2 Å². The Labute approximate surface area is 118 Å². The molecule has 1 heterocycles. The van der Waals surface area contributed by atoms with E-state index in [-0.39, 0.29) is 23.9 Å². The molecule has 2 N–H and O–H groups in total. The van der Waals surface area contributed by atoms with Crippen molar-refractivity contribution < 1.29 is 4.79 Å². The lowest BCUT2D eigenvalue weighted by Crippen LogP contribution is -2.32. The van der Waals surface area contributed by atoms with Crippen LogP contribution >= 0.6 is 15.9 Å². The van der Waals surface area contributed by atoms with Crippen molar-refractivity contribution in [2.75, 3.05) is 0 Å². The van der Waals surface area contributed by atoms with E-state index in [9.17, 15) is 9.59 Å². The van der Waals surface area contributed by atoms with Crippen molar-refractivity contribution in [2.45, 2.75) is 26.3 Å². The van der Waals surface area contributed by atoms with Crippen LogP contribution in [0.4, 0.5) is 0 Å². The summed E-state index contributed by atoms with van der Waals surface area (Å²) in [5, 5.41) is 3.27. The molecule has 19 heavy (non-hydrogen) atoms. The van der Waals surface area contributed by atoms with Gasteiger partial charge in [-0.3, -0.25) is 9.59 Å². The minimum absolute atomic E-state index is 0.0637. The number of halogens is 1. The molecule has 5 nitrogen and oxygen atoms in total. The number of carbonyl (C=O) groups excluding carboxylic acids is 1. The largest absolute Gasteiger partial charge is 0.354 e. The molecular formula is C13H14BrN3O2. The van der Waals surface area contributed by atoms with Crippen LogP contribution in [0.15, 0.2) is 27.5 Å². The van der Waals surface area contributed by atoms with Crippen LogP contribution < -0.4 is 10.9 Å². The maximum absolute atomic E-state index is 11.9. The predicted octanol–water partition coefficient (Wildman–Crippen LogP) is 1.75. The molecule has 2 aromatic rings. The Morgan fingerprint density at radius 1 is 1.47 bits per heavy atom. The number of aromatic nitrogens is 2. The smallest absolute Gasteiger partial charge is 0.258 e. The number of nitrogens with one attached hydrogen (secondary N) is 2. The Kier molecular flexibility index (Phi) is 3.99. The average Bonchev–Trinajstić information content (AvgIpc) is 2.26. The zero-order valence-electron chi connectivity index (χ0n) is 10.7. The van der Waals surface area contributed by atoms with Crippen LogP contribution in [0.5, 0.6) is 0 Å². The quantitative estimate of drug-likeness (QED) is 0.903. The zero-order chi connectivity index (χ0) is 14.0. The summed E-state index contributed by atoms with van der Waals surface area (Å²) < 4.78 is 0.843. The summed E-state index contributed by atoms with van der Waals surface area (Å²) >= 11 is 3.33. The Morgan fingerprint density at radius 2 is 2.21 bits per heavy atom. The first-order valence-electron chi connectivity index (χ1n) is 5.93. The lowest BCUT2D eigenvalue weighted by atomic mass is 10.2. The lowest BCUT2D eigenvalue weighted by Gasteiger charge is -2.08.